The van der Waals surface area contributed by atoms with Gasteiger partial charge in [0.05, 0.1) is 12.5 Å². The number of aryl methyl sites for hydroxylation is 3. The highest BCUT2D eigenvalue weighted by molar-refractivity contribution is 5.89. The van der Waals surface area contributed by atoms with E-state index < -0.39 is 0 Å². The van der Waals surface area contributed by atoms with Crippen LogP contribution in [-0.4, -0.2) is 18.4 Å². The molecule has 0 radical (unpaired) electrons. The maximum atomic E-state index is 13.0. The largest absolute Gasteiger partial charge is 0.466 e. The van der Waals surface area contributed by atoms with Gasteiger partial charge in [-0.15, -0.1) is 0 Å². The zero-order valence-electron chi connectivity index (χ0n) is 15.6. The van der Waals surface area contributed by atoms with Crippen molar-refractivity contribution in [2.75, 3.05) is 6.61 Å². The van der Waals surface area contributed by atoms with Crippen molar-refractivity contribution < 1.29 is 14.3 Å². The van der Waals surface area contributed by atoms with Crippen LogP contribution < -0.4 is 0 Å². The summed E-state index contributed by atoms with van der Waals surface area (Å²) in [6.45, 7) is 10.6. The minimum atomic E-state index is -0.271. The maximum Gasteiger partial charge on any atom is 0.309 e. The summed E-state index contributed by atoms with van der Waals surface area (Å²) in [6, 6.07) is 4.25. The van der Waals surface area contributed by atoms with Crippen LogP contribution in [0.5, 0.6) is 0 Å². The number of ketones is 1. The minimum absolute atomic E-state index is 0.190. The molecule has 24 heavy (non-hydrogen) atoms. The van der Waals surface area contributed by atoms with E-state index in [1.807, 2.05) is 6.92 Å². The Morgan fingerprint density at radius 3 is 2.29 bits per heavy atom. The van der Waals surface area contributed by atoms with E-state index >= 15 is 0 Å². The Balaban J connectivity index is 2.19. The second-order valence-corrected chi connectivity index (χ2v) is 7.40. The van der Waals surface area contributed by atoms with E-state index in [4.69, 9.17) is 4.74 Å². The van der Waals surface area contributed by atoms with Gasteiger partial charge in [-0.1, -0.05) is 24.6 Å². The maximum absolute atomic E-state index is 13.0. The van der Waals surface area contributed by atoms with Gasteiger partial charge in [0.25, 0.3) is 0 Å². The average Bonchev–Trinajstić information content (AvgIpc) is 2.50. The highest BCUT2D eigenvalue weighted by Gasteiger charge is 2.38. The summed E-state index contributed by atoms with van der Waals surface area (Å²) in [6.07, 6.45) is 3.00. The van der Waals surface area contributed by atoms with Gasteiger partial charge in [-0.05, 0) is 69.6 Å². The third-order valence-corrected chi connectivity index (χ3v) is 5.31. The van der Waals surface area contributed by atoms with Crippen LogP contribution in [0.3, 0.4) is 0 Å². The number of rotatable bonds is 5. The fraction of sp³-hybridized carbons (Fsp3) is 0.619. The quantitative estimate of drug-likeness (QED) is 0.754. The lowest BCUT2D eigenvalue weighted by Crippen LogP contribution is -2.37. The number of Topliss-reactive ketones (excluding diaryl/α,β-unsaturated/α-hetero) is 1. The van der Waals surface area contributed by atoms with E-state index in [0.717, 1.165) is 36.0 Å². The van der Waals surface area contributed by atoms with Gasteiger partial charge in [0.1, 0.15) is 5.78 Å². The first kappa shape index (κ1) is 18.7. The molecule has 0 aliphatic heterocycles. The Morgan fingerprint density at radius 1 is 1.08 bits per heavy atom. The van der Waals surface area contributed by atoms with Gasteiger partial charge < -0.3 is 4.74 Å². The molecular formula is C21H30O3. The van der Waals surface area contributed by atoms with Crippen molar-refractivity contribution in [2.24, 2.45) is 17.8 Å². The topological polar surface area (TPSA) is 43.4 Å². The Bertz CT molecular complexity index is 595. The van der Waals surface area contributed by atoms with Gasteiger partial charge in [0, 0.05) is 12.3 Å². The summed E-state index contributed by atoms with van der Waals surface area (Å²) in [7, 11) is 0. The molecule has 0 spiro atoms. The van der Waals surface area contributed by atoms with Crippen molar-refractivity contribution in [3.8, 4) is 0 Å². The van der Waals surface area contributed by atoms with Crippen molar-refractivity contribution >= 4 is 11.8 Å². The predicted octanol–water partition coefficient (Wildman–Crippen LogP) is 4.34. The van der Waals surface area contributed by atoms with Crippen molar-refractivity contribution in [1.29, 1.82) is 0 Å². The predicted molar refractivity (Wildman–Crippen MR) is 96.0 cm³/mol. The van der Waals surface area contributed by atoms with Crippen LogP contribution in [0.15, 0.2) is 12.1 Å². The first-order valence-corrected chi connectivity index (χ1v) is 9.09. The van der Waals surface area contributed by atoms with Crippen LogP contribution in [0.4, 0.5) is 0 Å². The van der Waals surface area contributed by atoms with Gasteiger partial charge in [-0.25, -0.2) is 0 Å². The van der Waals surface area contributed by atoms with Crippen LogP contribution >= 0.6 is 0 Å². The number of esters is 1. The molecule has 2 rings (SSSR count). The number of hydrogen-bond acceptors (Lipinski definition) is 3. The normalized spacial score (nSPS) is 23.8. The van der Waals surface area contributed by atoms with E-state index in [9.17, 15) is 9.59 Å². The lowest BCUT2D eigenvalue weighted by Gasteiger charge is -2.32. The summed E-state index contributed by atoms with van der Waals surface area (Å²) in [5, 5.41) is 0. The third-order valence-electron chi connectivity index (χ3n) is 5.31. The molecule has 3 nitrogen and oxygen atoms in total. The standard InChI is InChI=1S/C21H30O3/c1-6-24-21(23)19-11-13(2)7-8-17(19)20(22)12-18-15(4)9-14(3)10-16(18)5/h9-10,13,17,19H,6-8,11-12H2,1-5H3. The van der Waals surface area contributed by atoms with Crippen molar-refractivity contribution in [3.63, 3.8) is 0 Å². The highest BCUT2D eigenvalue weighted by Crippen LogP contribution is 2.36. The van der Waals surface area contributed by atoms with Crippen molar-refractivity contribution in [1.82, 2.24) is 0 Å². The van der Waals surface area contributed by atoms with E-state index in [0.29, 0.717) is 18.9 Å². The molecule has 3 heteroatoms. The van der Waals surface area contributed by atoms with Gasteiger partial charge >= 0.3 is 5.97 Å². The molecule has 0 saturated heterocycles. The number of ether oxygens (including phenoxy) is 1. The first-order chi connectivity index (χ1) is 11.3. The number of benzene rings is 1. The van der Waals surface area contributed by atoms with Crippen LogP contribution in [-0.2, 0) is 20.7 Å². The fourth-order valence-corrected chi connectivity index (χ4v) is 4.07. The van der Waals surface area contributed by atoms with E-state index in [-0.39, 0.29) is 23.6 Å². The molecule has 132 valence electrons. The Labute approximate surface area is 145 Å². The Morgan fingerprint density at radius 2 is 1.71 bits per heavy atom. The van der Waals surface area contributed by atoms with E-state index in [1.54, 1.807) is 0 Å². The minimum Gasteiger partial charge on any atom is -0.466 e. The first-order valence-electron chi connectivity index (χ1n) is 9.09. The van der Waals surface area contributed by atoms with Crippen LogP contribution in [0.2, 0.25) is 0 Å². The zero-order chi connectivity index (χ0) is 17.9. The summed E-state index contributed by atoms with van der Waals surface area (Å²) in [5.41, 5.74) is 4.67. The average molecular weight is 330 g/mol. The lowest BCUT2D eigenvalue weighted by molar-refractivity contribution is -0.154. The molecule has 0 amide bonds. The van der Waals surface area contributed by atoms with E-state index in [1.165, 1.54) is 5.56 Å². The molecule has 1 fully saturated rings. The van der Waals surface area contributed by atoms with E-state index in [2.05, 4.69) is 39.8 Å². The van der Waals surface area contributed by atoms with Gasteiger partial charge in [-0.3, -0.25) is 9.59 Å². The molecule has 3 unspecified atom stereocenters. The molecule has 0 aromatic heterocycles. The Hall–Kier alpha value is -1.64. The number of carbonyl (C=O) groups excluding carboxylic acids is 2. The molecule has 1 aromatic carbocycles. The van der Waals surface area contributed by atoms with Crippen LogP contribution in [0.25, 0.3) is 0 Å². The smallest absolute Gasteiger partial charge is 0.309 e. The molecular weight excluding hydrogens is 300 g/mol. The summed E-state index contributed by atoms with van der Waals surface area (Å²) in [4.78, 5) is 25.3. The molecule has 1 aliphatic rings. The zero-order valence-corrected chi connectivity index (χ0v) is 15.6. The third kappa shape index (κ3) is 4.25. The monoisotopic (exact) mass is 330 g/mol. The van der Waals surface area contributed by atoms with Gasteiger partial charge in [-0.2, -0.15) is 0 Å². The molecule has 1 aliphatic carbocycles. The molecule has 0 bridgehead atoms. The SMILES string of the molecule is CCOC(=O)C1CC(C)CCC1C(=O)Cc1c(C)cc(C)cc1C. The Kier molecular flexibility index (Phi) is 6.20. The van der Waals surface area contributed by atoms with Crippen LogP contribution in [0.1, 0.15) is 55.4 Å². The second-order valence-electron chi connectivity index (χ2n) is 7.40. The molecule has 0 heterocycles. The van der Waals surface area contributed by atoms with Gasteiger partial charge in [0.15, 0.2) is 0 Å². The number of hydrogen-bond donors (Lipinski definition) is 0. The highest BCUT2D eigenvalue weighted by atomic mass is 16.5. The summed E-state index contributed by atoms with van der Waals surface area (Å²) >= 11 is 0. The summed E-state index contributed by atoms with van der Waals surface area (Å²) in [5.74, 6) is 0.00803. The molecule has 3 atom stereocenters. The van der Waals surface area contributed by atoms with Crippen molar-refractivity contribution in [2.45, 2.75) is 60.3 Å². The second kappa shape index (κ2) is 7.96. The van der Waals surface area contributed by atoms with Crippen LogP contribution in [0, 0.1) is 38.5 Å². The van der Waals surface area contributed by atoms with Gasteiger partial charge in [0.2, 0.25) is 0 Å². The molecule has 0 N–H and O–H groups in total. The fourth-order valence-electron chi connectivity index (χ4n) is 4.07. The lowest BCUT2D eigenvalue weighted by atomic mass is 9.71. The van der Waals surface area contributed by atoms with Crippen molar-refractivity contribution in [3.05, 3.63) is 34.4 Å². The molecule has 1 aromatic rings. The number of carbonyl (C=O) groups is 2. The molecule has 1 saturated carbocycles. The summed E-state index contributed by atoms with van der Waals surface area (Å²) < 4.78 is 5.23.